The molecule has 0 amide bonds. The SMILES string of the molecule is CC(OCC1(c2ccc(F)cc2)CCN(C)CC1)c1cc(C(F)(F)F)cc2cn[nH]c12. The Kier molecular flexibility index (Phi) is 5.79. The van der Waals surface area contributed by atoms with E-state index in [1.54, 1.807) is 19.1 Å². The number of fused-ring (bicyclic) bond motifs is 1. The molecule has 4 rings (SSSR count). The molecule has 1 N–H and O–H groups in total. The lowest BCUT2D eigenvalue weighted by atomic mass is 9.73. The minimum absolute atomic E-state index is 0.299. The van der Waals surface area contributed by atoms with E-state index in [0.717, 1.165) is 43.6 Å². The van der Waals surface area contributed by atoms with Gasteiger partial charge < -0.3 is 9.64 Å². The molecule has 0 aliphatic carbocycles. The Morgan fingerprint density at radius 3 is 2.48 bits per heavy atom. The van der Waals surface area contributed by atoms with Gasteiger partial charge in [0.2, 0.25) is 0 Å². The molecule has 0 radical (unpaired) electrons. The molecule has 1 unspecified atom stereocenters. The maximum absolute atomic E-state index is 13.5. The molecule has 2 aromatic carbocycles. The summed E-state index contributed by atoms with van der Waals surface area (Å²) in [5, 5.41) is 7.10. The second kappa shape index (κ2) is 8.24. The molecule has 1 saturated heterocycles. The quantitative estimate of drug-likeness (QED) is 0.541. The van der Waals surface area contributed by atoms with Crippen molar-refractivity contribution in [3.05, 3.63) is 65.1 Å². The van der Waals surface area contributed by atoms with Crippen LogP contribution in [0.3, 0.4) is 0 Å². The lowest BCUT2D eigenvalue weighted by Crippen LogP contribution is -2.44. The summed E-state index contributed by atoms with van der Waals surface area (Å²) in [5.41, 5.74) is 0.914. The number of aromatic nitrogens is 2. The normalized spacial score (nSPS) is 18.4. The van der Waals surface area contributed by atoms with Crippen LogP contribution in [0, 0.1) is 5.82 Å². The molecule has 0 spiro atoms. The van der Waals surface area contributed by atoms with Gasteiger partial charge in [0.15, 0.2) is 0 Å². The number of alkyl halides is 3. The third-order valence-corrected chi connectivity index (χ3v) is 6.36. The molecule has 1 fully saturated rings. The maximum Gasteiger partial charge on any atom is 0.416 e. The van der Waals surface area contributed by atoms with Gasteiger partial charge in [-0.25, -0.2) is 4.39 Å². The zero-order chi connectivity index (χ0) is 22.2. The fraction of sp³-hybridized carbons (Fsp3) is 0.435. The zero-order valence-corrected chi connectivity index (χ0v) is 17.5. The van der Waals surface area contributed by atoms with Gasteiger partial charge in [0.1, 0.15) is 5.82 Å². The summed E-state index contributed by atoms with van der Waals surface area (Å²) >= 11 is 0. The predicted molar refractivity (Wildman–Crippen MR) is 110 cm³/mol. The summed E-state index contributed by atoms with van der Waals surface area (Å²) in [7, 11) is 2.05. The molecule has 1 aliphatic heterocycles. The van der Waals surface area contributed by atoms with Gasteiger partial charge in [-0.2, -0.15) is 18.3 Å². The van der Waals surface area contributed by atoms with E-state index in [4.69, 9.17) is 4.74 Å². The summed E-state index contributed by atoms with van der Waals surface area (Å²) in [6.07, 6.45) is -2.00. The van der Waals surface area contributed by atoms with E-state index < -0.39 is 17.8 Å². The lowest BCUT2D eigenvalue weighted by molar-refractivity contribution is -0.137. The van der Waals surface area contributed by atoms with Crippen LogP contribution in [0.1, 0.15) is 42.6 Å². The van der Waals surface area contributed by atoms with Gasteiger partial charge >= 0.3 is 6.18 Å². The van der Waals surface area contributed by atoms with Crippen molar-refractivity contribution in [2.24, 2.45) is 0 Å². The number of benzene rings is 2. The van der Waals surface area contributed by atoms with Crippen molar-refractivity contribution in [2.45, 2.75) is 37.5 Å². The van der Waals surface area contributed by atoms with E-state index in [2.05, 4.69) is 22.1 Å². The number of nitrogens with zero attached hydrogens (tertiary/aromatic N) is 2. The Labute approximate surface area is 178 Å². The van der Waals surface area contributed by atoms with Crippen LogP contribution in [0.4, 0.5) is 17.6 Å². The summed E-state index contributed by atoms with van der Waals surface area (Å²) in [6.45, 7) is 3.82. The number of rotatable bonds is 5. The third kappa shape index (κ3) is 4.45. The number of hydrogen-bond donors (Lipinski definition) is 1. The van der Waals surface area contributed by atoms with E-state index in [1.807, 2.05) is 0 Å². The first-order valence-corrected chi connectivity index (χ1v) is 10.3. The average Bonchev–Trinajstić information content (AvgIpc) is 3.21. The summed E-state index contributed by atoms with van der Waals surface area (Å²) in [6, 6.07) is 8.67. The van der Waals surface area contributed by atoms with Crippen molar-refractivity contribution < 1.29 is 22.3 Å². The van der Waals surface area contributed by atoms with Crippen molar-refractivity contribution in [1.82, 2.24) is 15.1 Å². The van der Waals surface area contributed by atoms with Gasteiger partial charge in [-0.05, 0) is 69.7 Å². The number of halogens is 4. The van der Waals surface area contributed by atoms with E-state index in [1.165, 1.54) is 18.3 Å². The van der Waals surface area contributed by atoms with Crippen LogP contribution in [-0.2, 0) is 16.3 Å². The zero-order valence-electron chi connectivity index (χ0n) is 17.5. The molecule has 166 valence electrons. The molecule has 3 aromatic rings. The van der Waals surface area contributed by atoms with Crippen molar-refractivity contribution in [1.29, 1.82) is 0 Å². The topological polar surface area (TPSA) is 41.1 Å². The van der Waals surface area contributed by atoms with Crippen LogP contribution < -0.4 is 0 Å². The van der Waals surface area contributed by atoms with Gasteiger partial charge in [0, 0.05) is 16.4 Å². The summed E-state index contributed by atoms with van der Waals surface area (Å²) in [5.74, 6) is -0.299. The van der Waals surface area contributed by atoms with Crippen LogP contribution in [-0.4, -0.2) is 41.8 Å². The lowest BCUT2D eigenvalue weighted by Gasteiger charge is -2.41. The number of ether oxygens (including phenoxy) is 1. The van der Waals surface area contributed by atoms with Gasteiger partial charge in [0.25, 0.3) is 0 Å². The van der Waals surface area contributed by atoms with E-state index in [-0.39, 0.29) is 11.2 Å². The van der Waals surface area contributed by atoms with Crippen LogP contribution in [0.5, 0.6) is 0 Å². The molecule has 1 aliphatic rings. The fourth-order valence-electron chi connectivity index (χ4n) is 4.31. The third-order valence-electron chi connectivity index (χ3n) is 6.36. The highest BCUT2D eigenvalue weighted by atomic mass is 19.4. The first kappa shape index (κ1) is 21.8. The summed E-state index contributed by atoms with van der Waals surface area (Å²) in [4.78, 5) is 2.23. The number of nitrogens with one attached hydrogen (secondary N) is 1. The van der Waals surface area contributed by atoms with Crippen LogP contribution in [0.2, 0.25) is 0 Å². The molecular formula is C23H25F4N3O. The highest BCUT2D eigenvalue weighted by Crippen LogP contribution is 2.39. The second-order valence-corrected chi connectivity index (χ2v) is 8.44. The predicted octanol–water partition coefficient (Wildman–Crippen LogP) is 5.46. The molecular weight excluding hydrogens is 410 g/mol. The van der Waals surface area contributed by atoms with Crippen molar-refractivity contribution in [3.8, 4) is 0 Å². The monoisotopic (exact) mass is 435 g/mol. The molecule has 8 heteroatoms. The molecule has 1 atom stereocenters. The minimum Gasteiger partial charge on any atom is -0.373 e. The molecule has 2 heterocycles. The van der Waals surface area contributed by atoms with Gasteiger partial charge in [-0.3, -0.25) is 5.10 Å². The Bertz CT molecular complexity index is 1040. The number of H-pyrrole nitrogens is 1. The largest absolute Gasteiger partial charge is 0.416 e. The Hall–Kier alpha value is -2.45. The van der Waals surface area contributed by atoms with E-state index >= 15 is 0 Å². The van der Waals surface area contributed by atoms with Gasteiger partial charge in [0.05, 0.1) is 30.0 Å². The Morgan fingerprint density at radius 1 is 1.16 bits per heavy atom. The second-order valence-electron chi connectivity index (χ2n) is 8.44. The smallest absolute Gasteiger partial charge is 0.373 e. The molecule has 31 heavy (non-hydrogen) atoms. The number of hydrogen-bond acceptors (Lipinski definition) is 3. The Balaban J connectivity index is 1.62. The molecule has 0 saturated carbocycles. The van der Waals surface area contributed by atoms with Crippen molar-refractivity contribution in [2.75, 3.05) is 26.7 Å². The van der Waals surface area contributed by atoms with Crippen LogP contribution in [0.25, 0.3) is 10.9 Å². The minimum atomic E-state index is -4.46. The highest BCUT2D eigenvalue weighted by Gasteiger charge is 2.37. The average molecular weight is 435 g/mol. The fourth-order valence-corrected chi connectivity index (χ4v) is 4.31. The first-order valence-electron chi connectivity index (χ1n) is 10.3. The molecule has 1 aromatic heterocycles. The number of likely N-dealkylation sites (tertiary alicyclic amines) is 1. The van der Waals surface area contributed by atoms with Crippen LogP contribution in [0.15, 0.2) is 42.6 Å². The van der Waals surface area contributed by atoms with Gasteiger partial charge in [-0.1, -0.05) is 12.1 Å². The first-order chi connectivity index (χ1) is 14.7. The summed E-state index contributed by atoms with van der Waals surface area (Å²) < 4.78 is 59.9. The van der Waals surface area contributed by atoms with Crippen molar-refractivity contribution in [3.63, 3.8) is 0 Å². The van der Waals surface area contributed by atoms with E-state index in [9.17, 15) is 17.6 Å². The maximum atomic E-state index is 13.5. The van der Waals surface area contributed by atoms with Gasteiger partial charge in [-0.15, -0.1) is 0 Å². The molecule has 4 nitrogen and oxygen atoms in total. The Morgan fingerprint density at radius 2 is 1.84 bits per heavy atom. The number of aromatic amines is 1. The standard InChI is InChI=1S/C23H25F4N3O/c1-15(20-12-18(23(25,26)27)11-16-13-28-29-21(16)20)31-14-22(7-9-30(2)10-8-22)17-3-5-19(24)6-4-17/h3-6,11-13,15H,7-10,14H2,1-2H3,(H,28,29). The van der Waals surface area contributed by atoms with Crippen molar-refractivity contribution >= 4 is 10.9 Å². The van der Waals surface area contributed by atoms with E-state index in [0.29, 0.717) is 23.1 Å². The number of piperidine rings is 1. The highest BCUT2D eigenvalue weighted by molar-refractivity contribution is 5.82. The van der Waals surface area contributed by atoms with Crippen LogP contribution >= 0.6 is 0 Å². The molecule has 0 bridgehead atoms.